The van der Waals surface area contributed by atoms with Crippen LogP contribution in [0.1, 0.15) is 13.3 Å². The third-order valence-electron chi connectivity index (χ3n) is 1.28. The van der Waals surface area contributed by atoms with Gasteiger partial charge in [0.15, 0.2) is 13.1 Å². The van der Waals surface area contributed by atoms with E-state index in [4.69, 9.17) is 4.55 Å². The van der Waals surface area contributed by atoms with E-state index in [1.54, 1.807) is 6.92 Å². The third-order valence-corrected chi connectivity index (χ3v) is 2.77. The van der Waals surface area contributed by atoms with E-state index in [2.05, 4.69) is 0 Å². The topological polar surface area (TPSA) is 91.5 Å². The Balaban J connectivity index is 4.42. The molecule has 0 spiro atoms. The normalized spacial score (nSPS) is 11.2. The van der Waals surface area contributed by atoms with Crippen LogP contribution in [0, 0.1) is 0 Å². The summed E-state index contributed by atoms with van der Waals surface area (Å²) in [5.41, 5.74) is 0. The zero-order valence-electron chi connectivity index (χ0n) is 7.17. The first-order chi connectivity index (χ1) is 5.87. The van der Waals surface area contributed by atoms with Gasteiger partial charge in [0.05, 0.1) is 0 Å². The van der Waals surface area contributed by atoms with Gasteiger partial charge in [-0.1, -0.05) is 6.92 Å². The van der Waals surface area contributed by atoms with Gasteiger partial charge in [0, 0.05) is 6.42 Å². The van der Waals surface area contributed by atoms with Crippen LogP contribution < -0.4 is 0 Å². The molecule has 0 aromatic carbocycles. The number of rotatable bonds is 5. The predicted octanol–water partition coefficient (Wildman–Crippen LogP) is -0.641. The molecule has 0 aromatic heterocycles. The van der Waals surface area contributed by atoms with Crippen molar-refractivity contribution in [3.05, 3.63) is 0 Å². The van der Waals surface area contributed by atoms with Gasteiger partial charge in [-0.15, -0.1) is 12.4 Å². The molecule has 0 saturated heterocycles. The third kappa shape index (κ3) is 6.67. The van der Waals surface area contributed by atoms with E-state index in [0.717, 1.165) is 3.95 Å². The molecule has 0 aromatic rings. The molecule has 0 unspecified atom stereocenters. The zero-order valence-corrected chi connectivity index (χ0v) is 8.81. The molecule has 0 rings (SSSR count). The van der Waals surface area contributed by atoms with Crippen LogP contribution in [0.25, 0.3) is 0 Å². The first kappa shape index (κ1) is 12.5. The molecule has 0 heterocycles. The van der Waals surface area contributed by atoms with Crippen molar-refractivity contribution in [2.45, 2.75) is 13.3 Å². The summed E-state index contributed by atoms with van der Waals surface area (Å²) in [7, 11) is -6.52. The smallest absolute Gasteiger partial charge is 0.285 e. The monoisotopic (exact) mass is 230 g/mol. The van der Waals surface area contributed by atoms with Gasteiger partial charge in [-0.3, -0.25) is 4.55 Å². The standard InChI is InChI=1S/C5H11NO5S2/c1-2-3-6(12(7)8)4-5-13(9,10)11/h2-5H2,1H3/p+1. The lowest BCUT2D eigenvalue weighted by molar-refractivity contribution is -0.499. The van der Waals surface area contributed by atoms with Crippen LogP contribution in [0.5, 0.6) is 0 Å². The minimum Gasteiger partial charge on any atom is -0.285 e. The molecule has 0 fully saturated rings. The van der Waals surface area contributed by atoms with Gasteiger partial charge < -0.3 is 0 Å². The summed E-state index contributed by atoms with van der Waals surface area (Å²) in [4.78, 5) is 0. The van der Waals surface area contributed by atoms with E-state index in [0.29, 0.717) is 6.42 Å². The van der Waals surface area contributed by atoms with Crippen molar-refractivity contribution >= 4 is 20.6 Å². The molecule has 0 radical (unpaired) electrons. The Bertz CT molecular complexity index is 371. The second kappa shape index (κ2) is 5.30. The fraction of sp³-hybridized carbons (Fsp3) is 1.00. The fourth-order valence-electron chi connectivity index (χ4n) is 0.727. The van der Waals surface area contributed by atoms with Gasteiger partial charge in [-0.2, -0.15) is 8.42 Å². The largest absolute Gasteiger partial charge is 0.458 e. The Morgan fingerprint density at radius 1 is 1.31 bits per heavy atom. The van der Waals surface area contributed by atoms with Gasteiger partial charge in [0.25, 0.3) is 10.1 Å². The number of hydrogen-bond donors (Lipinski definition) is 1. The summed E-state index contributed by atoms with van der Waals surface area (Å²) >= 11 is 0. The Kier molecular flexibility index (Phi) is 5.11. The highest BCUT2D eigenvalue weighted by atomic mass is 32.2. The molecule has 8 heteroatoms. The Morgan fingerprint density at radius 2 is 1.85 bits per heavy atom. The van der Waals surface area contributed by atoms with Gasteiger partial charge in [0.1, 0.15) is 5.75 Å². The van der Waals surface area contributed by atoms with Crippen LogP contribution in [0.2, 0.25) is 0 Å². The zero-order chi connectivity index (χ0) is 10.5. The molecule has 0 saturated carbocycles. The van der Waals surface area contributed by atoms with Gasteiger partial charge in [-0.05, 0) is 0 Å². The summed E-state index contributed by atoms with van der Waals surface area (Å²) in [5.74, 6) is -0.568. The van der Waals surface area contributed by atoms with Crippen molar-refractivity contribution in [1.82, 2.24) is 0 Å². The molecule has 0 aliphatic rings. The molecule has 0 atom stereocenters. The minimum atomic E-state index is -4.09. The predicted molar refractivity (Wildman–Crippen MR) is 45.6 cm³/mol. The summed E-state index contributed by atoms with van der Waals surface area (Å²) < 4.78 is 50.8. The summed E-state index contributed by atoms with van der Waals surface area (Å²) in [5, 5.41) is 0. The first-order valence-corrected chi connectivity index (χ1v) is 6.30. The first-order valence-electron chi connectivity index (χ1n) is 3.66. The maximum Gasteiger partial charge on any atom is 0.458 e. The molecule has 0 aliphatic heterocycles. The van der Waals surface area contributed by atoms with Crippen molar-refractivity contribution < 1.29 is 25.3 Å². The number of hydrogen-bond acceptors (Lipinski definition) is 4. The van der Waals surface area contributed by atoms with Gasteiger partial charge >= 0.3 is 10.5 Å². The van der Waals surface area contributed by atoms with Crippen LogP contribution in [-0.4, -0.2) is 44.2 Å². The molecule has 6 nitrogen and oxygen atoms in total. The molecule has 1 N–H and O–H groups in total. The van der Waals surface area contributed by atoms with E-state index in [9.17, 15) is 16.8 Å². The number of nitrogens with zero attached hydrogens (tertiary/aromatic N) is 1. The molecule has 78 valence electrons. The lowest BCUT2D eigenvalue weighted by atomic mass is 10.5. The van der Waals surface area contributed by atoms with E-state index in [-0.39, 0.29) is 13.1 Å². The molecule has 0 aliphatic carbocycles. The van der Waals surface area contributed by atoms with Gasteiger partial charge in [-0.25, -0.2) is 0 Å². The molecule has 0 bridgehead atoms. The molecular formula is C5H12NO5S2+. The maximum absolute atomic E-state index is 10.5. The Morgan fingerprint density at radius 3 is 2.15 bits per heavy atom. The van der Waals surface area contributed by atoms with Crippen LogP contribution in [0.3, 0.4) is 0 Å². The second-order valence-corrected chi connectivity index (χ2v) is 4.95. The van der Waals surface area contributed by atoms with Crippen molar-refractivity contribution in [1.29, 1.82) is 0 Å². The Hall–Kier alpha value is -0.470. The maximum atomic E-state index is 10.5. The quantitative estimate of drug-likeness (QED) is 0.501. The van der Waals surface area contributed by atoms with E-state index in [1.807, 2.05) is 0 Å². The van der Waals surface area contributed by atoms with Crippen molar-refractivity contribution in [3.8, 4) is 0 Å². The van der Waals surface area contributed by atoms with Crippen LogP contribution in [-0.2, 0) is 20.6 Å². The highest BCUT2D eigenvalue weighted by molar-refractivity contribution is 7.85. The van der Waals surface area contributed by atoms with E-state index >= 15 is 0 Å². The summed E-state index contributed by atoms with van der Waals surface area (Å²) in [6.45, 7) is 1.82. The summed E-state index contributed by atoms with van der Waals surface area (Å²) in [6.07, 6.45) is 0.597. The SMILES string of the molecule is CCC[N+](CCS(=O)(=O)O)=S(=O)=O. The van der Waals surface area contributed by atoms with Crippen LogP contribution in [0.15, 0.2) is 0 Å². The highest BCUT2D eigenvalue weighted by Gasteiger charge is 2.12. The van der Waals surface area contributed by atoms with Crippen molar-refractivity contribution in [2.24, 2.45) is 0 Å². The lowest BCUT2D eigenvalue weighted by Gasteiger charge is -1.94. The molecule has 0 amide bonds. The average molecular weight is 230 g/mol. The minimum absolute atomic E-state index is 0.206. The van der Waals surface area contributed by atoms with Crippen LogP contribution >= 0.6 is 0 Å². The molecular weight excluding hydrogens is 218 g/mol. The molecule has 13 heavy (non-hydrogen) atoms. The highest BCUT2D eigenvalue weighted by Crippen LogP contribution is 1.86. The average Bonchev–Trinajstić information content (AvgIpc) is 1.95. The van der Waals surface area contributed by atoms with E-state index < -0.39 is 26.4 Å². The fourth-order valence-corrected chi connectivity index (χ4v) is 1.87. The summed E-state index contributed by atoms with van der Waals surface area (Å²) in [6, 6.07) is 0. The second-order valence-electron chi connectivity index (χ2n) is 2.43. The lowest BCUT2D eigenvalue weighted by Crippen LogP contribution is -2.21. The van der Waals surface area contributed by atoms with Crippen molar-refractivity contribution in [2.75, 3.05) is 18.8 Å². The van der Waals surface area contributed by atoms with Gasteiger partial charge in [0.2, 0.25) is 0 Å². The van der Waals surface area contributed by atoms with Crippen LogP contribution in [0.4, 0.5) is 0 Å². The van der Waals surface area contributed by atoms with E-state index in [1.165, 1.54) is 0 Å². The Labute approximate surface area is 78.6 Å². The van der Waals surface area contributed by atoms with Crippen molar-refractivity contribution in [3.63, 3.8) is 0 Å².